The van der Waals surface area contributed by atoms with Gasteiger partial charge in [-0.25, -0.2) is 0 Å². The summed E-state index contributed by atoms with van der Waals surface area (Å²) >= 11 is 0. The molecule has 0 saturated carbocycles. The quantitative estimate of drug-likeness (QED) is 0.871. The molecule has 0 radical (unpaired) electrons. The summed E-state index contributed by atoms with van der Waals surface area (Å²) in [6, 6.07) is 11.3. The van der Waals surface area contributed by atoms with Gasteiger partial charge in [0.2, 0.25) is 0 Å². The molecule has 0 spiro atoms. The molecule has 2 aromatic rings. The van der Waals surface area contributed by atoms with Gasteiger partial charge in [-0.2, -0.15) is 5.10 Å². The molecule has 1 atom stereocenters. The Balaban J connectivity index is 1.92. The molecule has 3 heteroatoms. The Morgan fingerprint density at radius 1 is 1.17 bits per heavy atom. The summed E-state index contributed by atoms with van der Waals surface area (Å²) in [5, 5.41) is 7.81. The summed E-state index contributed by atoms with van der Waals surface area (Å²) in [5.41, 5.74) is 2.45. The normalized spacial score (nSPS) is 12.7. The largest absolute Gasteiger partial charge is 0.380 e. The van der Waals surface area contributed by atoms with Crippen molar-refractivity contribution in [2.24, 2.45) is 0 Å². The van der Waals surface area contributed by atoms with Crippen LogP contribution in [0.4, 0.5) is 5.69 Å². The molecule has 1 aromatic carbocycles. The van der Waals surface area contributed by atoms with Gasteiger partial charge in [0.25, 0.3) is 0 Å². The molecule has 0 aliphatic heterocycles. The van der Waals surface area contributed by atoms with Crippen LogP contribution in [0.2, 0.25) is 0 Å². The molecule has 1 aromatic heterocycles. The molecule has 0 saturated heterocycles. The molecule has 2 rings (SSSR count). The Morgan fingerprint density at radius 2 is 1.89 bits per heavy atom. The molecule has 96 valence electrons. The van der Waals surface area contributed by atoms with Gasteiger partial charge < -0.3 is 5.32 Å². The molecule has 1 N–H and O–H groups in total. The van der Waals surface area contributed by atoms with E-state index < -0.39 is 0 Å². The molecule has 18 heavy (non-hydrogen) atoms. The SMILES string of the molecule is CC(Cc1ccccc1)Nc1cnn(C(C)C)c1. The second-order valence-corrected chi connectivity index (χ2v) is 5.04. The van der Waals surface area contributed by atoms with Gasteiger partial charge in [0.1, 0.15) is 0 Å². The molecular weight excluding hydrogens is 222 g/mol. The molecule has 1 heterocycles. The minimum absolute atomic E-state index is 0.400. The van der Waals surface area contributed by atoms with Crippen LogP contribution in [0.25, 0.3) is 0 Å². The Hall–Kier alpha value is -1.77. The Labute approximate surface area is 109 Å². The van der Waals surface area contributed by atoms with Gasteiger partial charge in [0.05, 0.1) is 11.9 Å². The van der Waals surface area contributed by atoms with Crippen LogP contribution in [0.1, 0.15) is 32.4 Å². The van der Waals surface area contributed by atoms with E-state index in [2.05, 4.69) is 61.6 Å². The van der Waals surface area contributed by atoms with Crippen LogP contribution in [0.5, 0.6) is 0 Å². The maximum absolute atomic E-state index is 4.33. The minimum atomic E-state index is 0.400. The summed E-state index contributed by atoms with van der Waals surface area (Å²) in [6.45, 7) is 6.45. The second kappa shape index (κ2) is 5.71. The van der Waals surface area contributed by atoms with E-state index in [4.69, 9.17) is 0 Å². The summed E-state index contributed by atoms with van der Waals surface area (Å²) in [7, 11) is 0. The smallest absolute Gasteiger partial charge is 0.0728 e. The topological polar surface area (TPSA) is 29.9 Å². The van der Waals surface area contributed by atoms with Crippen LogP contribution in [-0.2, 0) is 6.42 Å². The van der Waals surface area contributed by atoms with Gasteiger partial charge in [0, 0.05) is 18.3 Å². The lowest BCUT2D eigenvalue weighted by atomic mass is 10.1. The van der Waals surface area contributed by atoms with Crippen molar-refractivity contribution < 1.29 is 0 Å². The predicted molar refractivity (Wildman–Crippen MR) is 75.8 cm³/mol. The maximum atomic E-state index is 4.33. The van der Waals surface area contributed by atoms with Crippen LogP contribution in [0.3, 0.4) is 0 Å². The average molecular weight is 243 g/mol. The molecule has 3 nitrogen and oxygen atoms in total. The van der Waals surface area contributed by atoms with E-state index in [-0.39, 0.29) is 0 Å². The number of benzene rings is 1. The van der Waals surface area contributed by atoms with Crippen LogP contribution >= 0.6 is 0 Å². The van der Waals surface area contributed by atoms with Crippen LogP contribution in [-0.4, -0.2) is 15.8 Å². The van der Waals surface area contributed by atoms with E-state index in [1.165, 1.54) is 5.56 Å². The van der Waals surface area contributed by atoms with Crippen molar-refractivity contribution in [3.8, 4) is 0 Å². The van der Waals surface area contributed by atoms with Crippen molar-refractivity contribution in [1.82, 2.24) is 9.78 Å². The highest BCUT2D eigenvalue weighted by Gasteiger charge is 2.06. The van der Waals surface area contributed by atoms with Gasteiger partial charge in [-0.05, 0) is 32.8 Å². The number of hydrogen-bond acceptors (Lipinski definition) is 2. The molecule has 0 fully saturated rings. The third-order valence-corrected chi connectivity index (χ3v) is 2.93. The molecule has 1 unspecified atom stereocenters. The summed E-state index contributed by atoms with van der Waals surface area (Å²) < 4.78 is 1.97. The summed E-state index contributed by atoms with van der Waals surface area (Å²) in [4.78, 5) is 0. The average Bonchev–Trinajstić information content (AvgIpc) is 2.78. The highest BCUT2D eigenvalue weighted by molar-refractivity contribution is 5.39. The lowest BCUT2D eigenvalue weighted by Gasteiger charge is -2.13. The van der Waals surface area contributed by atoms with E-state index in [1.807, 2.05) is 16.9 Å². The highest BCUT2D eigenvalue weighted by Crippen LogP contribution is 2.13. The Morgan fingerprint density at radius 3 is 2.50 bits per heavy atom. The van der Waals surface area contributed by atoms with Crippen molar-refractivity contribution >= 4 is 5.69 Å². The lowest BCUT2D eigenvalue weighted by Crippen LogP contribution is -2.17. The number of rotatable bonds is 5. The fourth-order valence-electron chi connectivity index (χ4n) is 2.00. The van der Waals surface area contributed by atoms with E-state index in [0.29, 0.717) is 12.1 Å². The zero-order valence-electron chi connectivity index (χ0n) is 11.3. The van der Waals surface area contributed by atoms with Gasteiger partial charge in [-0.15, -0.1) is 0 Å². The van der Waals surface area contributed by atoms with Crippen molar-refractivity contribution in [2.75, 3.05) is 5.32 Å². The molecule has 0 amide bonds. The Bertz CT molecular complexity index is 473. The standard InChI is InChI=1S/C15H21N3/c1-12(2)18-11-15(10-16-18)17-13(3)9-14-7-5-4-6-8-14/h4-8,10-13,17H,9H2,1-3H3. The number of hydrogen-bond donors (Lipinski definition) is 1. The zero-order valence-corrected chi connectivity index (χ0v) is 11.3. The van der Waals surface area contributed by atoms with Crippen LogP contribution in [0.15, 0.2) is 42.7 Å². The van der Waals surface area contributed by atoms with E-state index >= 15 is 0 Å². The first-order chi connectivity index (χ1) is 8.65. The van der Waals surface area contributed by atoms with Crippen molar-refractivity contribution in [1.29, 1.82) is 0 Å². The second-order valence-electron chi connectivity index (χ2n) is 5.04. The van der Waals surface area contributed by atoms with E-state index in [9.17, 15) is 0 Å². The summed E-state index contributed by atoms with van der Waals surface area (Å²) in [6.07, 6.45) is 4.97. The Kier molecular flexibility index (Phi) is 4.03. The van der Waals surface area contributed by atoms with E-state index in [0.717, 1.165) is 12.1 Å². The molecule has 0 aliphatic carbocycles. The van der Waals surface area contributed by atoms with Crippen molar-refractivity contribution in [3.63, 3.8) is 0 Å². The van der Waals surface area contributed by atoms with Crippen molar-refractivity contribution in [3.05, 3.63) is 48.3 Å². The third-order valence-electron chi connectivity index (χ3n) is 2.93. The molecule has 0 bridgehead atoms. The number of nitrogens with one attached hydrogen (secondary N) is 1. The van der Waals surface area contributed by atoms with Gasteiger partial charge in [-0.1, -0.05) is 30.3 Å². The first-order valence-corrected chi connectivity index (χ1v) is 6.50. The van der Waals surface area contributed by atoms with Crippen molar-refractivity contribution in [2.45, 2.75) is 39.3 Å². The maximum Gasteiger partial charge on any atom is 0.0728 e. The number of nitrogens with zero attached hydrogens (tertiary/aromatic N) is 2. The highest BCUT2D eigenvalue weighted by atomic mass is 15.3. The predicted octanol–water partition coefficient (Wildman–Crippen LogP) is 3.51. The summed E-state index contributed by atoms with van der Waals surface area (Å²) in [5.74, 6) is 0. The van der Waals surface area contributed by atoms with Crippen LogP contribution in [0, 0.1) is 0 Å². The van der Waals surface area contributed by atoms with Gasteiger partial charge in [0.15, 0.2) is 0 Å². The van der Waals surface area contributed by atoms with Gasteiger partial charge in [-0.3, -0.25) is 4.68 Å². The third kappa shape index (κ3) is 3.36. The zero-order chi connectivity index (χ0) is 13.0. The van der Waals surface area contributed by atoms with Gasteiger partial charge >= 0.3 is 0 Å². The fourth-order valence-corrected chi connectivity index (χ4v) is 2.00. The van der Waals surface area contributed by atoms with Crippen LogP contribution < -0.4 is 5.32 Å². The first-order valence-electron chi connectivity index (χ1n) is 6.50. The number of anilines is 1. The monoisotopic (exact) mass is 243 g/mol. The lowest BCUT2D eigenvalue weighted by molar-refractivity contribution is 0.532. The van der Waals surface area contributed by atoms with E-state index in [1.54, 1.807) is 0 Å². The molecule has 0 aliphatic rings. The first kappa shape index (κ1) is 12.7. The minimum Gasteiger partial charge on any atom is -0.380 e. The molecular formula is C15H21N3. The number of aromatic nitrogens is 2. The fraction of sp³-hybridized carbons (Fsp3) is 0.400.